The summed E-state index contributed by atoms with van der Waals surface area (Å²) in [5.41, 5.74) is 0. The molecule has 0 aliphatic carbocycles. The molecule has 0 saturated carbocycles. The van der Waals surface area contributed by atoms with Gasteiger partial charge in [0.1, 0.15) is 18.3 Å². The van der Waals surface area contributed by atoms with Crippen molar-refractivity contribution in [3.63, 3.8) is 0 Å². The molecule has 1 fully saturated rings. The van der Waals surface area contributed by atoms with Gasteiger partial charge in [-0.1, -0.05) is 0 Å². The molecule has 0 radical (unpaired) electrons. The van der Waals surface area contributed by atoms with Crippen molar-refractivity contribution in [2.45, 2.75) is 30.6 Å². The van der Waals surface area contributed by atoms with Crippen LogP contribution in [0.1, 0.15) is 0 Å². The van der Waals surface area contributed by atoms with E-state index >= 15 is 0 Å². The predicted octanol–water partition coefficient (Wildman–Crippen LogP) is -2.99. The lowest BCUT2D eigenvalue weighted by molar-refractivity contribution is -0.253. The van der Waals surface area contributed by atoms with Gasteiger partial charge in [0, 0.05) is 0 Å². The van der Waals surface area contributed by atoms with E-state index in [1.807, 2.05) is 0 Å². The quantitative estimate of drug-likeness (QED) is 0.320. The fourth-order valence-electron chi connectivity index (χ4n) is 1.41. The molecule has 0 amide bonds. The molecule has 1 saturated heterocycles. The maximum Gasteiger partial charge on any atom is 0.173 e. The summed E-state index contributed by atoms with van der Waals surface area (Å²) >= 11 is 0. The topological polar surface area (TPSA) is 102 Å². The Bertz CT molecular complexity index is 167. The normalized spacial score (nSPS) is 46.4. The maximum atomic E-state index is 9.45. The molecule has 0 spiro atoms. The highest BCUT2D eigenvalue weighted by Gasteiger charge is 2.42. The summed E-state index contributed by atoms with van der Waals surface area (Å²) in [7, 11) is 1.53. The van der Waals surface area contributed by atoms with Crippen LogP contribution in [0.2, 0.25) is 0 Å². The van der Waals surface area contributed by atoms with Gasteiger partial charge in [-0.3, -0.25) is 0 Å². The second kappa shape index (κ2) is 4.32. The second-order valence-electron chi connectivity index (χ2n) is 3.04. The molecule has 6 heteroatoms. The summed E-state index contributed by atoms with van der Waals surface area (Å²) in [6.07, 6.45) is -4.49. The standard InChI is InChI=1S/C7H15NO5/c1-8-4-6(11)5(10)3(2-9)13-7(4)12/h3-12H,2H2,1H3/t3?,4?,5-,6-,7?/m0/s1. The summed E-state index contributed by atoms with van der Waals surface area (Å²) in [4.78, 5) is 0. The van der Waals surface area contributed by atoms with Gasteiger partial charge in [-0.05, 0) is 7.05 Å². The van der Waals surface area contributed by atoms with Crippen LogP contribution in [0.25, 0.3) is 0 Å². The predicted molar refractivity (Wildman–Crippen MR) is 42.8 cm³/mol. The first-order valence-corrected chi connectivity index (χ1v) is 4.09. The molecule has 1 aliphatic rings. The van der Waals surface area contributed by atoms with E-state index in [9.17, 15) is 15.3 Å². The third-order valence-corrected chi connectivity index (χ3v) is 2.23. The lowest BCUT2D eigenvalue weighted by atomic mass is 9.97. The van der Waals surface area contributed by atoms with Crippen LogP contribution in [0.3, 0.4) is 0 Å². The molecule has 78 valence electrons. The Kier molecular flexibility index (Phi) is 3.60. The van der Waals surface area contributed by atoms with Crippen LogP contribution in [0.4, 0.5) is 0 Å². The lowest BCUT2D eigenvalue weighted by Crippen LogP contribution is -2.62. The van der Waals surface area contributed by atoms with Crippen molar-refractivity contribution in [2.75, 3.05) is 13.7 Å². The molecule has 1 rings (SSSR count). The van der Waals surface area contributed by atoms with Crippen molar-refractivity contribution in [2.24, 2.45) is 0 Å². The fourth-order valence-corrected chi connectivity index (χ4v) is 1.41. The zero-order chi connectivity index (χ0) is 10.0. The number of hydrogen-bond donors (Lipinski definition) is 5. The van der Waals surface area contributed by atoms with Gasteiger partial charge < -0.3 is 30.5 Å². The summed E-state index contributed by atoms with van der Waals surface area (Å²) in [5.74, 6) is 0. The first-order chi connectivity index (χ1) is 6.11. The molecule has 5 atom stereocenters. The van der Waals surface area contributed by atoms with E-state index in [0.717, 1.165) is 0 Å². The van der Waals surface area contributed by atoms with Crippen molar-refractivity contribution in [1.29, 1.82) is 0 Å². The Balaban J connectivity index is 2.66. The highest BCUT2D eigenvalue weighted by Crippen LogP contribution is 2.18. The van der Waals surface area contributed by atoms with E-state index in [0.29, 0.717) is 0 Å². The largest absolute Gasteiger partial charge is 0.394 e. The van der Waals surface area contributed by atoms with Crippen LogP contribution >= 0.6 is 0 Å². The average Bonchev–Trinajstić information content (AvgIpc) is 2.12. The molecule has 3 unspecified atom stereocenters. The van der Waals surface area contributed by atoms with Gasteiger partial charge in [0.2, 0.25) is 0 Å². The van der Waals surface area contributed by atoms with Gasteiger partial charge in [-0.25, -0.2) is 0 Å². The third kappa shape index (κ3) is 1.98. The second-order valence-corrected chi connectivity index (χ2v) is 3.04. The molecule has 0 aromatic heterocycles. The van der Waals surface area contributed by atoms with Gasteiger partial charge in [0.05, 0.1) is 12.6 Å². The summed E-state index contributed by atoms with van der Waals surface area (Å²) in [6, 6.07) is -0.738. The van der Waals surface area contributed by atoms with Crippen molar-refractivity contribution in [1.82, 2.24) is 5.32 Å². The van der Waals surface area contributed by atoms with Crippen LogP contribution in [-0.4, -0.2) is 64.7 Å². The molecular weight excluding hydrogens is 178 g/mol. The number of ether oxygens (including phenoxy) is 1. The Hall–Kier alpha value is -0.240. The molecule has 0 aromatic carbocycles. The monoisotopic (exact) mass is 193 g/mol. The zero-order valence-corrected chi connectivity index (χ0v) is 7.29. The molecular formula is C7H15NO5. The number of aliphatic hydroxyl groups excluding tert-OH is 4. The molecule has 0 aromatic rings. The lowest BCUT2D eigenvalue weighted by Gasteiger charge is -2.39. The third-order valence-electron chi connectivity index (χ3n) is 2.23. The van der Waals surface area contributed by atoms with Gasteiger partial charge in [0.15, 0.2) is 6.29 Å². The summed E-state index contributed by atoms with van der Waals surface area (Å²) < 4.78 is 4.85. The SMILES string of the molecule is CNC1C(O)OC(CO)[C@H](O)[C@H]1O. The van der Waals surface area contributed by atoms with E-state index in [2.05, 4.69) is 5.32 Å². The highest BCUT2D eigenvalue weighted by atomic mass is 16.6. The number of rotatable bonds is 2. The number of nitrogens with one attached hydrogen (secondary N) is 1. The summed E-state index contributed by atoms with van der Waals surface area (Å²) in [5, 5.41) is 39.4. The maximum absolute atomic E-state index is 9.45. The minimum absolute atomic E-state index is 0.439. The fraction of sp³-hybridized carbons (Fsp3) is 1.00. The van der Waals surface area contributed by atoms with Crippen LogP contribution in [0.15, 0.2) is 0 Å². The van der Waals surface area contributed by atoms with Crippen molar-refractivity contribution in [3.05, 3.63) is 0 Å². The van der Waals surface area contributed by atoms with Crippen LogP contribution < -0.4 is 5.32 Å². The minimum atomic E-state index is -1.22. The van der Waals surface area contributed by atoms with Gasteiger partial charge in [-0.15, -0.1) is 0 Å². The van der Waals surface area contributed by atoms with Gasteiger partial charge in [-0.2, -0.15) is 0 Å². The van der Waals surface area contributed by atoms with Crippen LogP contribution in [0.5, 0.6) is 0 Å². The Morgan fingerprint density at radius 3 is 2.31 bits per heavy atom. The van der Waals surface area contributed by atoms with Crippen molar-refractivity contribution in [3.8, 4) is 0 Å². The van der Waals surface area contributed by atoms with Crippen molar-refractivity contribution >= 4 is 0 Å². The Morgan fingerprint density at radius 1 is 1.23 bits per heavy atom. The molecule has 1 heterocycles. The van der Waals surface area contributed by atoms with Crippen LogP contribution in [-0.2, 0) is 4.74 Å². The summed E-state index contributed by atoms with van der Waals surface area (Å²) in [6.45, 7) is -0.439. The number of aliphatic hydroxyl groups is 4. The van der Waals surface area contributed by atoms with Crippen molar-refractivity contribution < 1.29 is 25.2 Å². The van der Waals surface area contributed by atoms with E-state index in [4.69, 9.17) is 9.84 Å². The van der Waals surface area contributed by atoms with E-state index in [-0.39, 0.29) is 0 Å². The molecule has 6 nitrogen and oxygen atoms in total. The molecule has 0 bridgehead atoms. The van der Waals surface area contributed by atoms with Gasteiger partial charge in [0.25, 0.3) is 0 Å². The highest BCUT2D eigenvalue weighted by molar-refractivity contribution is 4.91. The molecule has 1 aliphatic heterocycles. The van der Waals surface area contributed by atoms with E-state index in [1.54, 1.807) is 0 Å². The Labute approximate surface area is 75.8 Å². The average molecular weight is 193 g/mol. The Morgan fingerprint density at radius 2 is 1.85 bits per heavy atom. The smallest absolute Gasteiger partial charge is 0.173 e. The first-order valence-electron chi connectivity index (χ1n) is 4.09. The first kappa shape index (κ1) is 10.8. The molecule has 13 heavy (non-hydrogen) atoms. The molecule has 5 N–H and O–H groups in total. The zero-order valence-electron chi connectivity index (χ0n) is 7.29. The minimum Gasteiger partial charge on any atom is -0.394 e. The van der Waals surface area contributed by atoms with Crippen LogP contribution in [0, 0.1) is 0 Å². The number of likely N-dealkylation sites (N-methyl/N-ethyl adjacent to an activating group) is 1. The van der Waals surface area contributed by atoms with E-state index in [1.165, 1.54) is 7.05 Å². The van der Waals surface area contributed by atoms with E-state index < -0.39 is 37.3 Å². The number of hydrogen-bond acceptors (Lipinski definition) is 6. The van der Waals surface area contributed by atoms with Gasteiger partial charge >= 0.3 is 0 Å².